The van der Waals surface area contributed by atoms with Crippen LogP contribution in [0.4, 0.5) is 0 Å². The van der Waals surface area contributed by atoms with Crippen molar-refractivity contribution in [2.24, 2.45) is 5.73 Å². The Kier molecular flexibility index (Phi) is 10.8. The van der Waals surface area contributed by atoms with Gasteiger partial charge in [-0.25, -0.2) is 0 Å². The molecule has 0 amide bonds. The van der Waals surface area contributed by atoms with E-state index in [0.29, 0.717) is 6.61 Å². The molecule has 1 unspecified atom stereocenters. The number of aliphatic hydroxyl groups excluding tert-OH is 1. The SMILES string of the molecule is COCCC(N)CO.Cl. The summed E-state index contributed by atoms with van der Waals surface area (Å²) in [5.74, 6) is 0. The number of hydrogen-bond acceptors (Lipinski definition) is 3. The maximum absolute atomic E-state index is 8.38. The van der Waals surface area contributed by atoms with E-state index in [1.165, 1.54) is 0 Å². The van der Waals surface area contributed by atoms with Crippen LogP contribution >= 0.6 is 12.4 Å². The van der Waals surface area contributed by atoms with E-state index in [4.69, 9.17) is 15.6 Å². The molecule has 1 atom stereocenters. The minimum atomic E-state index is -0.116. The van der Waals surface area contributed by atoms with Crippen molar-refractivity contribution in [2.45, 2.75) is 12.5 Å². The van der Waals surface area contributed by atoms with Gasteiger partial charge in [0.05, 0.1) is 6.61 Å². The van der Waals surface area contributed by atoms with Gasteiger partial charge >= 0.3 is 0 Å². The van der Waals surface area contributed by atoms with E-state index in [-0.39, 0.29) is 25.1 Å². The fourth-order valence-electron chi connectivity index (χ4n) is 0.361. The molecule has 4 heteroatoms. The standard InChI is InChI=1S/C5H13NO2.ClH/c1-8-3-2-5(6)4-7;/h5,7H,2-4,6H2,1H3;1H. The van der Waals surface area contributed by atoms with Gasteiger partial charge in [-0.3, -0.25) is 0 Å². The predicted molar refractivity (Wildman–Crippen MR) is 38.8 cm³/mol. The Labute approximate surface area is 61.6 Å². The molecule has 0 saturated heterocycles. The van der Waals surface area contributed by atoms with E-state index in [1.54, 1.807) is 7.11 Å². The van der Waals surface area contributed by atoms with Gasteiger partial charge in [-0.15, -0.1) is 12.4 Å². The smallest absolute Gasteiger partial charge is 0.0583 e. The molecule has 0 spiro atoms. The predicted octanol–water partition coefficient (Wildman–Crippen LogP) is -0.236. The van der Waals surface area contributed by atoms with Crippen LogP contribution in [0.15, 0.2) is 0 Å². The zero-order chi connectivity index (χ0) is 6.41. The first-order valence-electron chi connectivity index (χ1n) is 2.66. The van der Waals surface area contributed by atoms with Crippen molar-refractivity contribution in [3.63, 3.8) is 0 Å². The van der Waals surface area contributed by atoms with Crippen molar-refractivity contribution >= 4 is 12.4 Å². The summed E-state index contributed by atoms with van der Waals surface area (Å²) in [6.07, 6.45) is 0.729. The topological polar surface area (TPSA) is 55.5 Å². The van der Waals surface area contributed by atoms with E-state index in [1.807, 2.05) is 0 Å². The third kappa shape index (κ3) is 8.17. The number of ether oxygens (including phenoxy) is 1. The van der Waals surface area contributed by atoms with Gasteiger partial charge in [0, 0.05) is 19.8 Å². The summed E-state index contributed by atoms with van der Waals surface area (Å²) >= 11 is 0. The molecule has 0 bridgehead atoms. The molecule has 0 aromatic rings. The van der Waals surface area contributed by atoms with Crippen molar-refractivity contribution in [3.8, 4) is 0 Å². The molecule has 0 fully saturated rings. The monoisotopic (exact) mass is 155 g/mol. The lowest BCUT2D eigenvalue weighted by Crippen LogP contribution is -2.25. The van der Waals surface area contributed by atoms with Crippen LogP contribution in [0.1, 0.15) is 6.42 Å². The van der Waals surface area contributed by atoms with Crippen LogP contribution in [-0.2, 0) is 4.74 Å². The zero-order valence-electron chi connectivity index (χ0n) is 5.54. The Morgan fingerprint density at radius 3 is 2.56 bits per heavy atom. The van der Waals surface area contributed by atoms with E-state index in [9.17, 15) is 0 Å². The molecular formula is C5H14ClNO2. The summed E-state index contributed by atoms with van der Waals surface area (Å²) in [6.45, 7) is 0.672. The summed E-state index contributed by atoms with van der Waals surface area (Å²) in [5.41, 5.74) is 5.33. The summed E-state index contributed by atoms with van der Waals surface area (Å²) < 4.78 is 4.72. The van der Waals surface area contributed by atoms with Crippen LogP contribution in [0.3, 0.4) is 0 Å². The molecule has 9 heavy (non-hydrogen) atoms. The van der Waals surface area contributed by atoms with Gasteiger partial charge in [-0.05, 0) is 6.42 Å². The first-order chi connectivity index (χ1) is 3.81. The molecular weight excluding hydrogens is 142 g/mol. The minimum absolute atomic E-state index is 0. The number of methoxy groups -OCH3 is 1. The van der Waals surface area contributed by atoms with Crippen molar-refractivity contribution < 1.29 is 9.84 Å². The Morgan fingerprint density at radius 1 is 1.67 bits per heavy atom. The van der Waals surface area contributed by atoms with E-state index in [2.05, 4.69) is 0 Å². The van der Waals surface area contributed by atoms with E-state index in [0.717, 1.165) is 6.42 Å². The average molecular weight is 156 g/mol. The van der Waals surface area contributed by atoms with Gasteiger partial charge in [0.15, 0.2) is 0 Å². The lowest BCUT2D eigenvalue weighted by atomic mass is 10.2. The highest BCUT2D eigenvalue weighted by molar-refractivity contribution is 5.85. The summed E-state index contributed by atoms with van der Waals surface area (Å²) in [7, 11) is 1.62. The van der Waals surface area contributed by atoms with Gasteiger partial charge in [0.25, 0.3) is 0 Å². The second kappa shape index (κ2) is 8.17. The van der Waals surface area contributed by atoms with Gasteiger partial charge < -0.3 is 15.6 Å². The Balaban J connectivity index is 0. The number of nitrogens with two attached hydrogens (primary N) is 1. The van der Waals surface area contributed by atoms with Crippen LogP contribution in [0.5, 0.6) is 0 Å². The molecule has 3 nitrogen and oxygen atoms in total. The minimum Gasteiger partial charge on any atom is -0.395 e. The highest BCUT2D eigenvalue weighted by Crippen LogP contribution is 1.84. The van der Waals surface area contributed by atoms with Gasteiger partial charge in [-0.1, -0.05) is 0 Å². The second-order valence-electron chi connectivity index (χ2n) is 1.72. The molecule has 0 aliphatic rings. The molecule has 0 heterocycles. The van der Waals surface area contributed by atoms with Crippen molar-refractivity contribution in [2.75, 3.05) is 20.3 Å². The molecule has 0 saturated carbocycles. The third-order valence-corrected chi connectivity index (χ3v) is 0.927. The van der Waals surface area contributed by atoms with Crippen molar-refractivity contribution in [1.29, 1.82) is 0 Å². The van der Waals surface area contributed by atoms with Crippen molar-refractivity contribution in [1.82, 2.24) is 0 Å². The first-order valence-corrected chi connectivity index (χ1v) is 2.66. The Hall–Kier alpha value is 0.170. The number of aliphatic hydroxyl groups is 1. The second-order valence-corrected chi connectivity index (χ2v) is 1.72. The first kappa shape index (κ1) is 11.9. The normalized spacial score (nSPS) is 12.3. The highest BCUT2D eigenvalue weighted by atomic mass is 35.5. The van der Waals surface area contributed by atoms with Gasteiger partial charge in [-0.2, -0.15) is 0 Å². The summed E-state index contributed by atoms with van der Waals surface area (Å²) in [5, 5.41) is 8.38. The summed E-state index contributed by atoms with van der Waals surface area (Å²) in [6, 6.07) is -0.116. The maximum atomic E-state index is 8.38. The lowest BCUT2D eigenvalue weighted by Gasteiger charge is -2.04. The zero-order valence-corrected chi connectivity index (χ0v) is 6.36. The van der Waals surface area contributed by atoms with Crippen LogP contribution in [-0.4, -0.2) is 31.5 Å². The molecule has 0 rings (SSSR count). The Bertz CT molecular complexity index is 54.2. The third-order valence-electron chi connectivity index (χ3n) is 0.927. The lowest BCUT2D eigenvalue weighted by molar-refractivity contribution is 0.170. The van der Waals surface area contributed by atoms with Crippen LogP contribution < -0.4 is 5.73 Å². The highest BCUT2D eigenvalue weighted by Gasteiger charge is 1.96. The molecule has 0 aliphatic carbocycles. The van der Waals surface area contributed by atoms with E-state index < -0.39 is 0 Å². The number of rotatable bonds is 4. The fourth-order valence-corrected chi connectivity index (χ4v) is 0.361. The summed E-state index contributed by atoms with van der Waals surface area (Å²) in [4.78, 5) is 0. The van der Waals surface area contributed by atoms with Crippen LogP contribution in [0.25, 0.3) is 0 Å². The largest absolute Gasteiger partial charge is 0.395 e. The molecule has 0 aromatic heterocycles. The Morgan fingerprint density at radius 2 is 2.22 bits per heavy atom. The van der Waals surface area contributed by atoms with Crippen LogP contribution in [0.2, 0.25) is 0 Å². The fraction of sp³-hybridized carbons (Fsp3) is 1.00. The molecule has 0 aliphatic heterocycles. The molecule has 0 aromatic carbocycles. The molecule has 0 radical (unpaired) electrons. The average Bonchev–Trinajstić information content (AvgIpc) is 1.83. The number of halogens is 1. The van der Waals surface area contributed by atoms with Gasteiger partial charge in [0.2, 0.25) is 0 Å². The molecule has 58 valence electrons. The quantitative estimate of drug-likeness (QED) is 0.590. The molecule has 3 N–H and O–H groups in total. The van der Waals surface area contributed by atoms with Gasteiger partial charge in [0.1, 0.15) is 0 Å². The van der Waals surface area contributed by atoms with E-state index >= 15 is 0 Å². The van der Waals surface area contributed by atoms with Crippen molar-refractivity contribution in [3.05, 3.63) is 0 Å². The van der Waals surface area contributed by atoms with Crippen LogP contribution in [0, 0.1) is 0 Å². The maximum Gasteiger partial charge on any atom is 0.0583 e. The number of hydrogen-bond donors (Lipinski definition) is 2.